The van der Waals surface area contributed by atoms with Gasteiger partial charge in [0, 0.05) is 16.9 Å². The molecule has 5 heteroatoms. The maximum atomic E-state index is 12.6. The van der Waals surface area contributed by atoms with Gasteiger partial charge >= 0.3 is 0 Å². The Hall–Kier alpha value is -3.05. The number of amides is 2. The first-order chi connectivity index (χ1) is 14.5. The Labute approximate surface area is 181 Å². The highest BCUT2D eigenvalue weighted by molar-refractivity contribution is 8.00. The predicted octanol–water partition coefficient (Wildman–Crippen LogP) is 5.59. The first kappa shape index (κ1) is 20.2. The van der Waals surface area contributed by atoms with Gasteiger partial charge in [-0.15, -0.1) is 11.8 Å². The van der Waals surface area contributed by atoms with Gasteiger partial charge in [-0.2, -0.15) is 0 Å². The summed E-state index contributed by atoms with van der Waals surface area (Å²) in [5, 5.41) is 2.87. The van der Waals surface area contributed by atoms with Crippen LogP contribution in [0.5, 0.6) is 0 Å². The summed E-state index contributed by atoms with van der Waals surface area (Å²) in [6, 6.07) is 23.4. The van der Waals surface area contributed by atoms with E-state index in [0.717, 1.165) is 28.9 Å². The van der Waals surface area contributed by atoms with Gasteiger partial charge in [-0.05, 0) is 60.9 Å². The molecule has 3 aromatic rings. The Balaban J connectivity index is 1.50. The maximum Gasteiger partial charge on any atom is 0.255 e. The van der Waals surface area contributed by atoms with E-state index >= 15 is 0 Å². The Kier molecular flexibility index (Phi) is 5.91. The van der Waals surface area contributed by atoms with E-state index in [4.69, 9.17) is 0 Å². The molecule has 0 bridgehead atoms. The zero-order chi connectivity index (χ0) is 21.1. The molecule has 4 rings (SSSR count). The van der Waals surface area contributed by atoms with Gasteiger partial charge < -0.3 is 5.32 Å². The second-order valence-corrected chi connectivity index (χ2v) is 8.46. The van der Waals surface area contributed by atoms with Crippen molar-refractivity contribution in [2.45, 2.75) is 25.6 Å². The number of nitrogens with one attached hydrogen (secondary N) is 1. The molecule has 0 aromatic heterocycles. The minimum absolute atomic E-state index is 0.0631. The molecule has 152 valence electrons. The second-order valence-electron chi connectivity index (χ2n) is 7.39. The van der Waals surface area contributed by atoms with Crippen molar-refractivity contribution in [3.05, 3.63) is 95.1 Å². The van der Waals surface area contributed by atoms with E-state index in [1.807, 2.05) is 72.5 Å². The van der Waals surface area contributed by atoms with Gasteiger partial charge in [-0.3, -0.25) is 14.5 Å². The number of aryl methyl sites for hydroxylation is 2. The first-order valence-electron chi connectivity index (χ1n) is 10.1. The van der Waals surface area contributed by atoms with Gasteiger partial charge in [-0.25, -0.2) is 0 Å². The summed E-state index contributed by atoms with van der Waals surface area (Å²) in [5.74, 6) is 0.448. The molecule has 4 nitrogen and oxygen atoms in total. The van der Waals surface area contributed by atoms with Crippen molar-refractivity contribution in [1.29, 1.82) is 0 Å². The van der Waals surface area contributed by atoms with Crippen LogP contribution < -0.4 is 10.2 Å². The van der Waals surface area contributed by atoms with Crippen LogP contribution in [0.2, 0.25) is 0 Å². The summed E-state index contributed by atoms with van der Waals surface area (Å²) in [5.41, 5.74) is 5.69. The third-order valence-corrected chi connectivity index (χ3v) is 6.47. The summed E-state index contributed by atoms with van der Waals surface area (Å²) < 4.78 is 0. The van der Waals surface area contributed by atoms with Crippen LogP contribution in [0.3, 0.4) is 0 Å². The number of carbonyl (C=O) groups excluding carboxylic acids is 2. The second kappa shape index (κ2) is 8.76. The highest BCUT2D eigenvalue weighted by Crippen LogP contribution is 2.42. The molecular formula is C25H24N2O2S. The maximum absolute atomic E-state index is 12.6. The number of carbonyl (C=O) groups is 2. The van der Waals surface area contributed by atoms with E-state index in [1.165, 1.54) is 5.56 Å². The van der Waals surface area contributed by atoms with Crippen LogP contribution in [0, 0.1) is 6.92 Å². The molecule has 0 unspecified atom stereocenters. The molecule has 0 aliphatic carbocycles. The molecule has 1 N–H and O–H groups in total. The molecule has 0 radical (unpaired) electrons. The number of hydrogen-bond donors (Lipinski definition) is 1. The van der Waals surface area contributed by atoms with Crippen molar-refractivity contribution in [2.24, 2.45) is 0 Å². The lowest BCUT2D eigenvalue weighted by atomic mass is 10.1. The predicted molar refractivity (Wildman–Crippen MR) is 124 cm³/mol. The summed E-state index contributed by atoms with van der Waals surface area (Å²) in [7, 11) is 0. The van der Waals surface area contributed by atoms with Crippen molar-refractivity contribution in [1.82, 2.24) is 0 Å². The van der Waals surface area contributed by atoms with Gasteiger partial charge in [0.2, 0.25) is 5.91 Å². The fourth-order valence-electron chi connectivity index (χ4n) is 3.48. The third kappa shape index (κ3) is 4.26. The molecule has 0 spiro atoms. The summed E-state index contributed by atoms with van der Waals surface area (Å²) >= 11 is 1.62. The van der Waals surface area contributed by atoms with E-state index in [2.05, 4.69) is 24.4 Å². The molecular weight excluding hydrogens is 392 g/mol. The summed E-state index contributed by atoms with van der Waals surface area (Å²) in [4.78, 5) is 26.9. The number of thioether (sulfide) groups is 1. The van der Waals surface area contributed by atoms with E-state index < -0.39 is 0 Å². The minimum Gasteiger partial charge on any atom is -0.322 e. The molecule has 2 amide bonds. The number of anilines is 2. The summed E-state index contributed by atoms with van der Waals surface area (Å²) in [6.45, 7) is 4.11. The van der Waals surface area contributed by atoms with Crippen LogP contribution in [-0.2, 0) is 11.2 Å². The van der Waals surface area contributed by atoms with Crippen LogP contribution in [0.25, 0.3) is 0 Å². The SMILES string of the molecule is CCc1ccc(N2C(=O)CS[C@@H]2c2ccc(NC(=O)c3ccc(C)cc3)cc2)cc1. The number of nitrogens with zero attached hydrogens (tertiary/aromatic N) is 1. The van der Waals surface area contributed by atoms with Gasteiger partial charge in [0.05, 0.1) is 5.75 Å². The van der Waals surface area contributed by atoms with Crippen LogP contribution in [0.15, 0.2) is 72.8 Å². The van der Waals surface area contributed by atoms with Crippen LogP contribution >= 0.6 is 11.8 Å². The molecule has 1 fully saturated rings. The average molecular weight is 417 g/mol. The largest absolute Gasteiger partial charge is 0.322 e. The molecule has 1 atom stereocenters. The molecule has 1 aliphatic heterocycles. The fraction of sp³-hybridized carbons (Fsp3) is 0.200. The number of rotatable bonds is 5. The average Bonchev–Trinajstić information content (AvgIpc) is 3.16. The lowest BCUT2D eigenvalue weighted by molar-refractivity contribution is -0.115. The third-order valence-electron chi connectivity index (χ3n) is 5.26. The zero-order valence-electron chi connectivity index (χ0n) is 17.1. The Morgan fingerprint density at radius 3 is 2.30 bits per heavy atom. The molecule has 3 aromatic carbocycles. The monoisotopic (exact) mass is 416 g/mol. The van der Waals surface area contributed by atoms with E-state index in [9.17, 15) is 9.59 Å². The minimum atomic E-state index is -0.134. The summed E-state index contributed by atoms with van der Waals surface area (Å²) in [6.07, 6.45) is 0.974. The number of hydrogen-bond acceptors (Lipinski definition) is 3. The normalized spacial score (nSPS) is 16.0. The van der Waals surface area contributed by atoms with Crippen molar-refractivity contribution < 1.29 is 9.59 Å². The standard InChI is InChI=1S/C25H24N2O2S/c1-3-18-6-14-22(15-7-18)27-23(28)16-30-25(27)20-10-12-21(13-11-20)26-24(29)19-8-4-17(2)5-9-19/h4-15,25H,3,16H2,1-2H3,(H,26,29)/t25-/m1/s1. The molecule has 1 saturated heterocycles. The lowest BCUT2D eigenvalue weighted by Gasteiger charge is -2.24. The van der Waals surface area contributed by atoms with E-state index in [-0.39, 0.29) is 17.2 Å². The van der Waals surface area contributed by atoms with Gasteiger partial charge in [0.25, 0.3) is 5.91 Å². The van der Waals surface area contributed by atoms with Gasteiger partial charge in [-0.1, -0.05) is 48.9 Å². The molecule has 0 saturated carbocycles. The van der Waals surface area contributed by atoms with Gasteiger partial charge in [0.1, 0.15) is 5.37 Å². The smallest absolute Gasteiger partial charge is 0.255 e. The highest BCUT2D eigenvalue weighted by Gasteiger charge is 2.33. The lowest BCUT2D eigenvalue weighted by Crippen LogP contribution is -2.27. The number of benzene rings is 3. The van der Waals surface area contributed by atoms with E-state index in [1.54, 1.807) is 11.8 Å². The van der Waals surface area contributed by atoms with Crippen molar-refractivity contribution in [2.75, 3.05) is 16.0 Å². The van der Waals surface area contributed by atoms with Gasteiger partial charge in [0.15, 0.2) is 0 Å². The van der Waals surface area contributed by atoms with Crippen LogP contribution in [-0.4, -0.2) is 17.6 Å². The van der Waals surface area contributed by atoms with Crippen molar-refractivity contribution in [3.63, 3.8) is 0 Å². The van der Waals surface area contributed by atoms with Crippen molar-refractivity contribution in [3.8, 4) is 0 Å². The zero-order valence-corrected chi connectivity index (χ0v) is 17.9. The van der Waals surface area contributed by atoms with Crippen molar-refractivity contribution >= 4 is 35.0 Å². The Morgan fingerprint density at radius 2 is 1.67 bits per heavy atom. The fourth-order valence-corrected chi connectivity index (χ4v) is 4.66. The quantitative estimate of drug-likeness (QED) is 0.590. The Morgan fingerprint density at radius 1 is 1.00 bits per heavy atom. The molecule has 1 aliphatic rings. The van der Waals surface area contributed by atoms with E-state index in [0.29, 0.717) is 11.3 Å². The molecule has 1 heterocycles. The first-order valence-corrected chi connectivity index (χ1v) is 11.1. The van der Waals surface area contributed by atoms with Crippen LogP contribution in [0.1, 0.15) is 39.3 Å². The highest BCUT2D eigenvalue weighted by atomic mass is 32.2. The van der Waals surface area contributed by atoms with Crippen LogP contribution in [0.4, 0.5) is 11.4 Å². The topological polar surface area (TPSA) is 49.4 Å². The molecule has 30 heavy (non-hydrogen) atoms. The Bertz CT molecular complexity index is 1040.